The summed E-state index contributed by atoms with van der Waals surface area (Å²) < 4.78 is 5.95. The minimum Gasteiger partial charge on any atom is -0.464 e. The maximum Gasteiger partial charge on any atom is 0.121 e. The van der Waals surface area contributed by atoms with E-state index in [1.807, 2.05) is 0 Å². The molecule has 102 valence electrons. The number of rotatable bonds is 4. The fraction of sp³-hybridized carbons (Fsp3) is 0.688. The van der Waals surface area contributed by atoms with Gasteiger partial charge in [-0.25, -0.2) is 0 Å². The minimum atomic E-state index is -0.0459. The van der Waals surface area contributed by atoms with Crippen LogP contribution in [0.4, 0.5) is 0 Å². The van der Waals surface area contributed by atoms with Gasteiger partial charge in [-0.1, -0.05) is 13.3 Å². The molecule has 1 aromatic heterocycles. The molecule has 1 atom stereocenters. The Balaban J connectivity index is 1.75. The van der Waals surface area contributed by atoms with E-state index in [-0.39, 0.29) is 5.41 Å². The highest BCUT2D eigenvalue weighted by atomic mass is 16.3. The molecular formula is C16H22N2O. The van der Waals surface area contributed by atoms with Crippen LogP contribution in [0.5, 0.6) is 0 Å². The first-order valence-corrected chi connectivity index (χ1v) is 7.50. The van der Waals surface area contributed by atoms with Crippen LogP contribution in [-0.2, 0) is 6.42 Å². The summed E-state index contributed by atoms with van der Waals surface area (Å²) in [4.78, 5) is 2.48. The number of nitriles is 1. The smallest absolute Gasteiger partial charge is 0.121 e. The molecule has 0 amide bonds. The average Bonchev–Trinajstić information content (AvgIpc) is 3.06. The van der Waals surface area contributed by atoms with Gasteiger partial charge in [-0.15, -0.1) is 0 Å². The van der Waals surface area contributed by atoms with Crippen LogP contribution < -0.4 is 0 Å². The van der Waals surface area contributed by atoms with Crippen molar-refractivity contribution in [3.63, 3.8) is 0 Å². The summed E-state index contributed by atoms with van der Waals surface area (Å²) in [5.41, 5.74) is -0.0459. The van der Waals surface area contributed by atoms with Crippen molar-refractivity contribution in [3.8, 4) is 6.07 Å². The molecule has 2 fully saturated rings. The van der Waals surface area contributed by atoms with E-state index >= 15 is 0 Å². The van der Waals surface area contributed by atoms with E-state index in [9.17, 15) is 5.26 Å². The molecule has 0 N–H and O–H groups in total. The molecule has 1 aromatic rings. The van der Waals surface area contributed by atoms with Crippen molar-refractivity contribution in [2.75, 3.05) is 13.1 Å². The lowest BCUT2D eigenvalue weighted by molar-refractivity contribution is 0.113. The minimum absolute atomic E-state index is 0.0459. The van der Waals surface area contributed by atoms with E-state index < -0.39 is 0 Å². The third kappa shape index (κ3) is 2.55. The largest absolute Gasteiger partial charge is 0.464 e. The summed E-state index contributed by atoms with van der Waals surface area (Å²) in [5, 5.41) is 9.29. The van der Waals surface area contributed by atoms with E-state index in [1.54, 1.807) is 0 Å². The van der Waals surface area contributed by atoms with Crippen molar-refractivity contribution in [3.05, 3.63) is 23.7 Å². The number of furan rings is 1. The Labute approximate surface area is 115 Å². The Hall–Kier alpha value is -1.27. The summed E-state index contributed by atoms with van der Waals surface area (Å²) in [7, 11) is 0. The molecule has 1 saturated heterocycles. The molecule has 0 bridgehead atoms. The molecule has 0 spiro atoms. The second-order valence-corrected chi connectivity index (χ2v) is 6.03. The van der Waals surface area contributed by atoms with Crippen LogP contribution in [-0.4, -0.2) is 18.0 Å². The topological polar surface area (TPSA) is 40.2 Å². The molecule has 1 aliphatic heterocycles. The molecule has 19 heavy (non-hydrogen) atoms. The van der Waals surface area contributed by atoms with Crippen molar-refractivity contribution in [1.29, 1.82) is 5.26 Å². The van der Waals surface area contributed by atoms with Crippen LogP contribution in [0.2, 0.25) is 0 Å². The predicted octanol–water partition coefficient (Wildman–Crippen LogP) is 3.67. The lowest BCUT2D eigenvalue weighted by Gasteiger charge is -2.35. The van der Waals surface area contributed by atoms with Gasteiger partial charge < -0.3 is 4.42 Å². The maximum atomic E-state index is 9.29. The SMILES string of the molecule is CCc1ccc(C2CCCCN2CC2(C#N)CC2)o1. The van der Waals surface area contributed by atoms with E-state index in [4.69, 9.17) is 4.42 Å². The molecule has 0 aromatic carbocycles. The van der Waals surface area contributed by atoms with E-state index in [0.717, 1.165) is 50.3 Å². The lowest BCUT2D eigenvalue weighted by atomic mass is 9.97. The normalized spacial score (nSPS) is 26.0. The number of hydrogen-bond acceptors (Lipinski definition) is 3. The number of piperidine rings is 1. The predicted molar refractivity (Wildman–Crippen MR) is 73.5 cm³/mol. The quantitative estimate of drug-likeness (QED) is 0.827. The lowest BCUT2D eigenvalue weighted by Crippen LogP contribution is -2.37. The molecule has 1 unspecified atom stereocenters. The van der Waals surface area contributed by atoms with Crippen LogP contribution in [0.15, 0.2) is 16.5 Å². The monoisotopic (exact) mass is 258 g/mol. The van der Waals surface area contributed by atoms with Crippen LogP contribution >= 0.6 is 0 Å². The third-order valence-corrected chi connectivity index (χ3v) is 4.57. The van der Waals surface area contributed by atoms with Crippen LogP contribution in [0.1, 0.15) is 56.6 Å². The van der Waals surface area contributed by atoms with Gasteiger partial charge >= 0.3 is 0 Å². The number of hydrogen-bond donors (Lipinski definition) is 0. The van der Waals surface area contributed by atoms with Gasteiger partial charge in [0.15, 0.2) is 0 Å². The first-order chi connectivity index (χ1) is 9.26. The summed E-state index contributed by atoms with van der Waals surface area (Å²) in [6.45, 7) is 4.16. The molecule has 0 radical (unpaired) electrons. The average molecular weight is 258 g/mol. The van der Waals surface area contributed by atoms with Crippen molar-refractivity contribution in [2.45, 2.75) is 51.5 Å². The molecule has 1 saturated carbocycles. The standard InChI is InChI=1S/C16H22N2O/c1-2-13-6-7-15(19-13)14-5-3-4-10-18(14)12-16(11-17)8-9-16/h6-7,14H,2-5,8-10,12H2,1H3. The molecule has 1 aliphatic carbocycles. The zero-order valence-electron chi connectivity index (χ0n) is 11.7. The van der Waals surface area contributed by atoms with Crippen molar-refractivity contribution >= 4 is 0 Å². The van der Waals surface area contributed by atoms with Crippen LogP contribution in [0.3, 0.4) is 0 Å². The van der Waals surface area contributed by atoms with E-state index in [0.29, 0.717) is 6.04 Å². The van der Waals surface area contributed by atoms with Gasteiger partial charge in [0, 0.05) is 13.0 Å². The van der Waals surface area contributed by atoms with Gasteiger partial charge in [-0.2, -0.15) is 5.26 Å². The van der Waals surface area contributed by atoms with Gasteiger partial charge in [-0.3, -0.25) is 4.90 Å². The summed E-state index contributed by atoms with van der Waals surface area (Å²) in [6, 6.07) is 7.13. The second-order valence-electron chi connectivity index (χ2n) is 6.03. The van der Waals surface area contributed by atoms with Gasteiger partial charge in [0.05, 0.1) is 17.5 Å². The Bertz CT molecular complexity index is 481. The Morgan fingerprint density at radius 2 is 2.26 bits per heavy atom. The summed E-state index contributed by atoms with van der Waals surface area (Å²) in [5.74, 6) is 2.17. The van der Waals surface area contributed by atoms with Crippen molar-refractivity contribution < 1.29 is 4.42 Å². The third-order valence-electron chi connectivity index (χ3n) is 4.57. The van der Waals surface area contributed by atoms with Gasteiger partial charge in [0.1, 0.15) is 11.5 Å². The first kappa shape index (κ1) is 12.7. The summed E-state index contributed by atoms with van der Waals surface area (Å²) in [6.07, 6.45) is 6.78. The zero-order valence-corrected chi connectivity index (χ0v) is 11.7. The molecule has 3 nitrogen and oxygen atoms in total. The van der Waals surface area contributed by atoms with Crippen molar-refractivity contribution in [1.82, 2.24) is 4.90 Å². The maximum absolute atomic E-state index is 9.29. The zero-order chi connectivity index (χ0) is 13.3. The fourth-order valence-corrected chi connectivity index (χ4v) is 3.11. The van der Waals surface area contributed by atoms with Gasteiger partial charge in [0.2, 0.25) is 0 Å². The number of likely N-dealkylation sites (tertiary alicyclic amines) is 1. The molecular weight excluding hydrogens is 236 g/mol. The Morgan fingerprint density at radius 1 is 1.42 bits per heavy atom. The van der Waals surface area contributed by atoms with E-state index in [1.165, 1.54) is 12.8 Å². The highest BCUT2D eigenvalue weighted by Gasteiger charge is 2.46. The second kappa shape index (κ2) is 5.02. The van der Waals surface area contributed by atoms with Gasteiger partial charge in [0.25, 0.3) is 0 Å². The van der Waals surface area contributed by atoms with Crippen LogP contribution in [0.25, 0.3) is 0 Å². The Morgan fingerprint density at radius 3 is 2.89 bits per heavy atom. The molecule has 3 rings (SSSR count). The fourth-order valence-electron chi connectivity index (χ4n) is 3.11. The molecule has 2 heterocycles. The molecule has 3 heteroatoms. The number of nitrogens with zero attached hydrogens (tertiary/aromatic N) is 2. The number of aryl methyl sites for hydroxylation is 1. The highest BCUT2D eigenvalue weighted by molar-refractivity contribution is 5.15. The van der Waals surface area contributed by atoms with Crippen molar-refractivity contribution in [2.24, 2.45) is 5.41 Å². The van der Waals surface area contributed by atoms with E-state index in [2.05, 4.69) is 30.0 Å². The Kier molecular flexibility index (Phi) is 3.36. The van der Waals surface area contributed by atoms with Crippen LogP contribution in [0, 0.1) is 16.7 Å². The molecule has 2 aliphatic rings. The van der Waals surface area contributed by atoms with Gasteiger partial charge in [-0.05, 0) is 44.4 Å². The highest BCUT2D eigenvalue weighted by Crippen LogP contribution is 2.47. The summed E-state index contributed by atoms with van der Waals surface area (Å²) >= 11 is 0. The first-order valence-electron chi connectivity index (χ1n) is 7.50.